The molecule has 312 valence electrons. The van der Waals surface area contributed by atoms with Crippen molar-refractivity contribution in [3.8, 4) is 0 Å². The molecule has 5 N–H and O–H groups in total. The number of hydrogen-bond acceptors (Lipinski definition) is 13. The monoisotopic (exact) mass is 870 g/mol. The smallest absolute Gasteiger partial charge is 0.407 e. The summed E-state index contributed by atoms with van der Waals surface area (Å²) in [5.74, 6) is -9.33. The zero-order chi connectivity index (χ0) is 38.4. The predicted molar refractivity (Wildman–Crippen MR) is 206 cm³/mol. The largest absolute Gasteiger partial charge is 0.444 e. The van der Waals surface area contributed by atoms with Gasteiger partial charge >= 0.3 is 17.9 Å². The number of alkyl halides is 4. The quantitative estimate of drug-likeness (QED) is 0.0910. The maximum Gasteiger partial charge on any atom is 0.407 e. The number of carbonyl (C=O) groups is 1. The van der Waals surface area contributed by atoms with E-state index in [0.717, 1.165) is 0 Å². The highest BCUT2D eigenvalue weighted by molar-refractivity contribution is 5.86. The lowest BCUT2D eigenvalue weighted by Gasteiger charge is -2.20. The third-order valence-electron chi connectivity index (χ3n) is 6.87. The lowest BCUT2D eigenvalue weighted by molar-refractivity contribution is -0.0311. The molecule has 0 aliphatic carbocycles. The molecule has 6 aromatic rings. The van der Waals surface area contributed by atoms with Crippen LogP contribution in [0.15, 0.2) is 70.0 Å². The number of carbonyl (C=O) groups excluding carboxylic acids is 1. The van der Waals surface area contributed by atoms with E-state index >= 15 is 0 Å². The summed E-state index contributed by atoms with van der Waals surface area (Å²) in [7, 11) is 0. The van der Waals surface area contributed by atoms with E-state index in [1.54, 1.807) is 20.8 Å². The molecule has 0 saturated carbocycles. The Kier molecular flexibility index (Phi) is 18.2. The lowest BCUT2D eigenvalue weighted by Crippen LogP contribution is -2.38. The highest BCUT2D eigenvalue weighted by atomic mass is 35.5. The fourth-order valence-corrected chi connectivity index (χ4v) is 4.37. The van der Waals surface area contributed by atoms with Crippen molar-refractivity contribution in [1.82, 2.24) is 35.2 Å². The van der Waals surface area contributed by atoms with Gasteiger partial charge in [-0.15, -0.1) is 37.2 Å². The molecule has 6 rings (SSSR count). The predicted octanol–water partition coefficient (Wildman–Crippen LogP) is 8.31. The Morgan fingerprint density at radius 1 is 0.719 bits per heavy atom. The molecule has 6 aromatic heterocycles. The van der Waals surface area contributed by atoms with Gasteiger partial charge in [-0.1, -0.05) is 7.43 Å². The van der Waals surface area contributed by atoms with E-state index < -0.39 is 60.0 Å². The second-order valence-electron chi connectivity index (χ2n) is 12.1. The molecule has 0 bridgehead atoms. The van der Waals surface area contributed by atoms with E-state index in [1.807, 2.05) is 5.32 Å². The Hall–Kier alpha value is -5.18. The maximum atomic E-state index is 14.5. The minimum absolute atomic E-state index is 0. The molecule has 1 amide bonds. The topological polar surface area (TPSA) is 192 Å². The summed E-state index contributed by atoms with van der Waals surface area (Å²) >= 11 is 0. The van der Waals surface area contributed by atoms with Gasteiger partial charge in [0.15, 0.2) is 33.8 Å². The Morgan fingerprint density at radius 2 is 1.16 bits per heavy atom. The molecule has 57 heavy (non-hydrogen) atoms. The SMILES string of the molecule is C.CC(C)(C)OC(=O)NCC(F)(F)c1nc2c(NCc3ncccc3F)nccc2o1.Cl.Cl.Cl.NCC(F)(F)c1nc2c(NCc3ncccc3F)nccc2o1. The van der Waals surface area contributed by atoms with Crippen molar-refractivity contribution in [3.63, 3.8) is 0 Å². The molecule has 0 aliphatic heterocycles. The highest BCUT2D eigenvalue weighted by Crippen LogP contribution is 2.33. The molecule has 14 nitrogen and oxygen atoms in total. The minimum Gasteiger partial charge on any atom is -0.444 e. The van der Waals surface area contributed by atoms with E-state index in [-0.39, 0.29) is 103 Å². The molecule has 0 unspecified atom stereocenters. The van der Waals surface area contributed by atoms with Gasteiger partial charge in [0.2, 0.25) is 0 Å². The Morgan fingerprint density at radius 3 is 1.56 bits per heavy atom. The number of nitrogens with zero attached hydrogens (tertiary/aromatic N) is 6. The first kappa shape index (κ1) is 49.8. The molecule has 0 fully saturated rings. The summed E-state index contributed by atoms with van der Waals surface area (Å²) in [6.07, 6.45) is 4.60. The zero-order valence-corrected chi connectivity index (χ0v) is 31.9. The number of anilines is 2. The number of nitrogens with one attached hydrogen (secondary N) is 3. The highest BCUT2D eigenvalue weighted by Gasteiger charge is 2.39. The minimum atomic E-state index is -3.60. The summed E-state index contributed by atoms with van der Waals surface area (Å²) in [6.45, 7) is 2.85. The Balaban J connectivity index is 0.000000547. The van der Waals surface area contributed by atoms with Gasteiger partial charge in [0, 0.05) is 36.9 Å². The van der Waals surface area contributed by atoms with Crippen LogP contribution in [0.5, 0.6) is 0 Å². The zero-order valence-electron chi connectivity index (χ0n) is 29.5. The van der Waals surface area contributed by atoms with Gasteiger partial charge in [-0.05, 0) is 45.0 Å². The van der Waals surface area contributed by atoms with Gasteiger partial charge < -0.3 is 35.3 Å². The fraction of sp³-hybridized carbons (Fsp3) is 0.324. The summed E-state index contributed by atoms with van der Waals surface area (Å²) in [5, 5.41) is 7.63. The van der Waals surface area contributed by atoms with Crippen molar-refractivity contribution in [1.29, 1.82) is 0 Å². The van der Waals surface area contributed by atoms with Gasteiger partial charge in [-0.25, -0.2) is 33.5 Å². The van der Waals surface area contributed by atoms with Crippen LogP contribution in [0.25, 0.3) is 22.2 Å². The number of ether oxygens (including phenoxy) is 1. The first-order valence-corrected chi connectivity index (χ1v) is 15.7. The molecule has 6 heterocycles. The van der Waals surface area contributed by atoms with E-state index in [1.165, 1.54) is 61.2 Å². The average molecular weight is 872 g/mol. The first-order chi connectivity index (χ1) is 25.1. The lowest BCUT2D eigenvalue weighted by atomic mass is 10.2. The number of halogens is 9. The van der Waals surface area contributed by atoms with Crippen LogP contribution in [0.4, 0.5) is 42.8 Å². The van der Waals surface area contributed by atoms with Gasteiger partial charge in [-0.3, -0.25) is 9.97 Å². The summed E-state index contributed by atoms with van der Waals surface area (Å²) < 4.78 is 98.5. The first-order valence-electron chi connectivity index (χ1n) is 15.7. The second-order valence-corrected chi connectivity index (χ2v) is 12.1. The molecule has 0 saturated heterocycles. The van der Waals surface area contributed by atoms with E-state index in [4.69, 9.17) is 19.3 Å². The molecular formula is C34H39Cl3F6N10O4. The third kappa shape index (κ3) is 12.9. The van der Waals surface area contributed by atoms with Crippen molar-refractivity contribution < 1.29 is 44.7 Å². The summed E-state index contributed by atoms with van der Waals surface area (Å²) in [4.78, 5) is 35.1. The van der Waals surface area contributed by atoms with E-state index in [9.17, 15) is 31.1 Å². The number of aromatic nitrogens is 6. The van der Waals surface area contributed by atoms with Crippen molar-refractivity contribution >= 4 is 77.1 Å². The van der Waals surface area contributed by atoms with Gasteiger partial charge in [-0.2, -0.15) is 17.6 Å². The molecule has 0 spiro atoms. The Labute approximate surface area is 340 Å². The number of rotatable bonds is 11. The van der Waals surface area contributed by atoms with Crippen LogP contribution in [0.2, 0.25) is 0 Å². The van der Waals surface area contributed by atoms with Gasteiger partial charge in [0.05, 0.1) is 37.6 Å². The van der Waals surface area contributed by atoms with Crippen molar-refractivity contribution in [2.45, 2.75) is 58.7 Å². The molecule has 23 heteroatoms. The number of oxazole rings is 2. The van der Waals surface area contributed by atoms with Crippen LogP contribution < -0.4 is 21.7 Å². The molecule has 0 atom stereocenters. The van der Waals surface area contributed by atoms with Crippen LogP contribution in [-0.2, 0) is 29.7 Å². The standard InChI is InChI=1S/C19H20F3N5O3.C14H12F3N5O.CH4.3ClH/c1-18(2,3)30-17(28)26-10-19(21,22)16-27-14-13(29-16)6-8-24-15(14)25-9-12-11(20)5-4-7-23-12;15-8-2-1-4-19-9(8)6-21-12-11-10(3-5-20-12)23-13(22-11)14(16,17)7-18;;;;/h4-8H,9-10H2,1-3H3,(H,24,25)(H,26,28);1-5H,6-7,18H2,(H,20,21);1H4;3*1H. The van der Waals surface area contributed by atoms with Gasteiger partial charge in [0.1, 0.15) is 17.2 Å². The number of pyridine rings is 4. The van der Waals surface area contributed by atoms with E-state index in [0.29, 0.717) is 0 Å². The number of fused-ring (bicyclic) bond motifs is 2. The summed E-state index contributed by atoms with van der Waals surface area (Å²) in [5.41, 5.74) is 4.84. The van der Waals surface area contributed by atoms with Crippen LogP contribution in [0, 0.1) is 11.6 Å². The number of hydrogen-bond donors (Lipinski definition) is 4. The van der Waals surface area contributed by atoms with Crippen LogP contribution in [0.3, 0.4) is 0 Å². The average Bonchev–Trinajstić information content (AvgIpc) is 3.77. The second kappa shape index (κ2) is 20.8. The van der Waals surface area contributed by atoms with Crippen molar-refractivity contribution in [3.05, 3.63) is 96.0 Å². The molecule has 0 radical (unpaired) electrons. The van der Waals surface area contributed by atoms with Gasteiger partial charge in [0.25, 0.3) is 11.8 Å². The number of nitrogens with two attached hydrogens (primary N) is 1. The van der Waals surface area contributed by atoms with Crippen molar-refractivity contribution in [2.24, 2.45) is 5.73 Å². The van der Waals surface area contributed by atoms with Crippen molar-refractivity contribution in [2.75, 3.05) is 23.7 Å². The third-order valence-corrected chi connectivity index (χ3v) is 6.87. The van der Waals surface area contributed by atoms with E-state index in [2.05, 4.69) is 40.5 Å². The fourth-order valence-electron chi connectivity index (χ4n) is 4.37. The summed E-state index contributed by atoms with van der Waals surface area (Å²) in [6, 6.07) is 8.23. The maximum absolute atomic E-state index is 14.5. The normalized spacial score (nSPS) is 11.1. The molecular weight excluding hydrogens is 833 g/mol. The Bertz CT molecular complexity index is 2210. The van der Waals surface area contributed by atoms with Crippen LogP contribution in [0.1, 0.15) is 51.4 Å². The van der Waals surface area contributed by atoms with Crippen LogP contribution >= 0.6 is 37.2 Å². The van der Waals surface area contributed by atoms with Crippen LogP contribution in [-0.4, -0.2) is 54.7 Å². The molecule has 0 aliphatic rings. The number of amides is 1. The molecule has 0 aromatic carbocycles. The number of alkyl carbamates (subject to hydrolysis) is 1.